The maximum atomic E-state index is 10.9. The molecule has 6 heteroatoms. The first-order valence-corrected chi connectivity index (χ1v) is 11.8. The molecule has 0 aromatic carbocycles. The first-order chi connectivity index (χ1) is 11.5. The Hall–Kier alpha value is 1.75. The van der Waals surface area contributed by atoms with Crippen LogP contribution in [0.2, 0.25) is 0 Å². The Balaban J connectivity index is -0.00000264. The molecule has 1 unspecified atom stereocenters. The van der Waals surface area contributed by atoms with Crippen LogP contribution in [0.1, 0.15) is 118 Å². The predicted molar refractivity (Wildman–Crippen MR) is 103 cm³/mol. The standard InChI is InChI=1S/C19H41O4P.K.H/c1-3-5-6-7-8-9-10-11-12-13-14-15-16-18-19(17-4-2)23-24(20,21)22;;/h19H,3-18H2,1-2H3,(H2,20,21,22);;/q;+1;-1. The Bertz CT molecular complexity index is 316. The molecule has 0 radical (unpaired) electrons. The summed E-state index contributed by atoms with van der Waals surface area (Å²) in [4.78, 5) is 17.8. The van der Waals surface area contributed by atoms with Crippen molar-refractivity contribution < 1.29 is 71.7 Å². The van der Waals surface area contributed by atoms with Crippen LogP contribution in [0.5, 0.6) is 0 Å². The minimum atomic E-state index is -4.34. The summed E-state index contributed by atoms with van der Waals surface area (Å²) in [7, 11) is -4.34. The molecule has 0 bridgehead atoms. The van der Waals surface area contributed by atoms with Gasteiger partial charge >= 0.3 is 59.2 Å². The van der Waals surface area contributed by atoms with E-state index in [1.54, 1.807) is 0 Å². The van der Waals surface area contributed by atoms with Crippen molar-refractivity contribution in [1.82, 2.24) is 0 Å². The largest absolute Gasteiger partial charge is 1.00 e. The second-order valence-electron chi connectivity index (χ2n) is 7.04. The summed E-state index contributed by atoms with van der Waals surface area (Å²) in [6.07, 6.45) is 19.1. The molecule has 148 valence electrons. The van der Waals surface area contributed by atoms with Gasteiger partial charge in [0.15, 0.2) is 0 Å². The van der Waals surface area contributed by atoms with Gasteiger partial charge in [0, 0.05) is 0 Å². The molecule has 0 saturated heterocycles. The number of rotatable bonds is 18. The van der Waals surface area contributed by atoms with Gasteiger partial charge in [-0.05, 0) is 12.8 Å². The number of unbranched alkanes of at least 4 members (excludes halogenated alkanes) is 12. The molecule has 0 aromatic rings. The molecule has 0 fully saturated rings. The van der Waals surface area contributed by atoms with Crippen LogP contribution in [0.25, 0.3) is 0 Å². The van der Waals surface area contributed by atoms with Gasteiger partial charge in [-0.2, -0.15) is 0 Å². The zero-order valence-corrected chi connectivity index (χ0v) is 21.1. The molecule has 0 heterocycles. The van der Waals surface area contributed by atoms with Gasteiger partial charge in [-0.1, -0.05) is 104 Å². The normalized spacial score (nSPS) is 12.8. The van der Waals surface area contributed by atoms with Crippen LogP contribution in [0.4, 0.5) is 0 Å². The Labute approximate surface area is 200 Å². The van der Waals surface area contributed by atoms with Crippen LogP contribution in [0.3, 0.4) is 0 Å². The summed E-state index contributed by atoms with van der Waals surface area (Å²) >= 11 is 0. The third-order valence-corrected chi connectivity index (χ3v) is 5.10. The van der Waals surface area contributed by atoms with E-state index in [9.17, 15) is 4.57 Å². The van der Waals surface area contributed by atoms with Gasteiger partial charge in [0.25, 0.3) is 0 Å². The van der Waals surface area contributed by atoms with E-state index < -0.39 is 7.82 Å². The zero-order valence-electron chi connectivity index (χ0n) is 18.0. The van der Waals surface area contributed by atoms with Gasteiger partial charge in [-0.25, -0.2) is 4.57 Å². The monoisotopic (exact) mass is 404 g/mol. The van der Waals surface area contributed by atoms with Crippen molar-refractivity contribution in [1.29, 1.82) is 0 Å². The maximum Gasteiger partial charge on any atom is 1.00 e. The summed E-state index contributed by atoms with van der Waals surface area (Å²) in [5.41, 5.74) is 0. The van der Waals surface area contributed by atoms with Gasteiger partial charge in [0.05, 0.1) is 6.10 Å². The topological polar surface area (TPSA) is 66.8 Å². The van der Waals surface area contributed by atoms with E-state index in [0.29, 0.717) is 0 Å². The Kier molecular flexibility index (Phi) is 23.7. The van der Waals surface area contributed by atoms with E-state index in [-0.39, 0.29) is 58.9 Å². The predicted octanol–water partition coefficient (Wildman–Crippen LogP) is 3.86. The SMILES string of the molecule is CCCCCCCCCCCCCCCC(CCC)OP(=O)(O)O.[H-].[K+]. The molecule has 25 heavy (non-hydrogen) atoms. The molecule has 0 aromatic heterocycles. The van der Waals surface area contributed by atoms with E-state index in [1.165, 1.54) is 70.6 Å². The van der Waals surface area contributed by atoms with Crippen LogP contribution in [0, 0.1) is 0 Å². The zero-order chi connectivity index (χ0) is 18.1. The van der Waals surface area contributed by atoms with E-state index >= 15 is 0 Å². The number of phosphoric acid groups is 1. The third-order valence-electron chi connectivity index (χ3n) is 4.53. The Morgan fingerprint density at radius 1 is 0.720 bits per heavy atom. The van der Waals surface area contributed by atoms with Crippen molar-refractivity contribution in [2.45, 2.75) is 123 Å². The fraction of sp³-hybridized carbons (Fsp3) is 1.00. The van der Waals surface area contributed by atoms with Crippen molar-refractivity contribution in [2.24, 2.45) is 0 Å². The van der Waals surface area contributed by atoms with Crippen molar-refractivity contribution >= 4 is 7.82 Å². The fourth-order valence-electron chi connectivity index (χ4n) is 3.16. The number of phosphoric ester groups is 1. The molecule has 2 N–H and O–H groups in total. The van der Waals surface area contributed by atoms with Gasteiger partial charge in [-0.3, -0.25) is 4.52 Å². The van der Waals surface area contributed by atoms with Gasteiger partial charge < -0.3 is 11.2 Å². The smallest absolute Gasteiger partial charge is 1.00 e. The van der Waals surface area contributed by atoms with E-state index in [2.05, 4.69) is 6.92 Å². The van der Waals surface area contributed by atoms with Crippen LogP contribution < -0.4 is 51.4 Å². The summed E-state index contributed by atoms with van der Waals surface area (Å²) in [6, 6.07) is 0. The second-order valence-corrected chi connectivity index (χ2v) is 8.23. The number of hydrogen-bond donors (Lipinski definition) is 2. The third kappa shape index (κ3) is 23.7. The molecule has 0 saturated carbocycles. The van der Waals surface area contributed by atoms with Crippen LogP contribution in [-0.4, -0.2) is 15.9 Å². The maximum absolute atomic E-state index is 10.9. The fourth-order valence-corrected chi connectivity index (χ4v) is 3.75. The summed E-state index contributed by atoms with van der Waals surface area (Å²) in [5, 5.41) is 0. The molecular weight excluding hydrogens is 362 g/mol. The van der Waals surface area contributed by atoms with Crippen molar-refractivity contribution in [2.75, 3.05) is 0 Å². The van der Waals surface area contributed by atoms with Crippen LogP contribution >= 0.6 is 7.82 Å². The summed E-state index contributed by atoms with van der Waals surface area (Å²) in [5.74, 6) is 0. The van der Waals surface area contributed by atoms with E-state index in [4.69, 9.17) is 14.3 Å². The van der Waals surface area contributed by atoms with Crippen molar-refractivity contribution in [3.05, 3.63) is 0 Å². The van der Waals surface area contributed by atoms with Crippen LogP contribution in [0.15, 0.2) is 0 Å². The van der Waals surface area contributed by atoms with Crippen molar-refractivity contribution in [3.63, 3.8) is 0 Å². The minimum Gasteiger partial charge on any atom is -1.00 e. The molecule has 0 aliphatic heterocycles. The molecule has 4 nitrogen and oxygen atoms in total. The molecular formula is C19H42KO4P. The Morgan fingerprint density at radius 3 is 1.48 bits per heavy atom. The molecule has 0 amide bonds. The average Bonchev–Trinajstić information content (AvgIpc) is 2.50. The minimum absolute atomic E-state index is 0. The average molecular weight is 405 g/mol. The first kappa shape index (κ1) is 29.0. The molecule has 0 rings (SSSR count). The van der Waals surface area contributed by atoms with E-state index in [0.717, 1.165) is 32.1 Å². The molecule has 1 atom stereocenters. The molecule has 0 spiro atoms. The van der Waals surface area contributed by atoms with Gasteiger partial charge in [0.2, 0.25) is 0 Å². The molecule has 0 aliphatic carbocycles. The van der Waals surface area contributed by atoms with Gasteiger partial charge in [0.1, 0.15) is 0 Å². The van der Waals surface area contributed by atoms with Crippen LogP contribution in [-0.2, 0) is 9.09 Å². The second kappa shape index (κ2) is 20.5. The summed E-state index contributed by atoms with van der Waals surface area (Å²) < 4.78 is 15.8. The first-order valence-electron chi connectivity index (χ1n) is 10.2. The quantitative estimate of drug-likeness (QED) is 0.207. The molecule has 0 aliphatic rings. The van der Waals surface area contributed by atoms with Crippen molar-refractivity contribution in [3.8, 4) is 0 Å². The number of hydrogen-bond acceptors (Lipinski definition) is 2. The Morgan fingerprint density at radius 2 is 1.12 bits per heavy atom. The summed E-state index contributed by atoms with van der Waals surface area (Å²) in [6.45, 7) is 4.27. The van der Waals surface area contributed by atoms with Gasteiger partial charge in [-0.15, -0.1) is 0 Å². The van der Waals surface area contributed by atoms with E-state index in [1.807, 2.05) is 6.92 Å².